The fourth-order valence-electron chi connectivity index (χ4n) is 2.36. The molecule has 0 aromatic heterocycles. The van der Waals surface area contributed by atoms with E-state index >= 15 is 0 Å². The van der Waals surface area contributed by atoms with E-state index in [0.29, 0.717) is 0 Å². The van der Waals surface area contributed by atoms with E-state index in [1.165, 1.54) is 75.3 Å². The van der Waals surface area contributed by atoms with E-state index in [4.69, 9.17) is 0 Å². The quantitative estimate of drug-likeness (QED) is 0.474. The molecule has 100 valence electrons. The number of hydrogen-bond donors (Lipinski definition) is 0. The highest BCUT2D eigenvalue weighted by atomic mass is 14.1. The maximum absolute atomic E-state index is 3.42. The first-order chi connectivity index (χ1) is 8.88. The number of rotatable bonds is 10. The first kappa shape index (κ1) is 15.3. The lowest BCUT2D eigenvalue weighted by Gasteiger charge is -2.08. The summed E-state index contributed by atoms with van der Waals surface area (Å²) in [4.78, 5) is 0. The van der Waals surface area contributed by atoms with Crippen LogP contribution >= 0.6 is 0 Å². The van der Waals surface area contributed by atoms with Crippen LogP contribution in [0.5, 0.6) is 0 Å². The number of benzene rings is 1. The molecule has 1 rings (SSSR count). The normalized spacial score (nSPS) is 10.8. The summed E-state index contributed by atoms with van der Waals surface area (Å²) in [6.45, 7) is 4.53. The number of aryl methyl sites for hydroxylation is 2. The van der Waals surface area contributed by atoms with Crippen molar-refractivity contribution in [3.63, 3.8) is 0 Å². The SMILES string of the molecule is CCCCCCc1[c]cc[c]c1CCCCCC. The molecule has 0 heteroatoms. The Kier molecular flexibility index (Phi) is 8.63. The Morgan fingerprint density at radius 1 is 0.667 bits per heavy atom. The van der Waals surface area contributed by atoms with Crippen LogP contribution in [0, 0.1) is 12.1 Å². The van der Waals surface area contributed by atoms with Gasteiger partial charge in [-0.3, -0.25) is 0 Å². The average molecular weight is 244 g/mol. The van der Waals surface area contributed by atoms with Crippen molar-refractivity contribution in [1.29, 1.82) is 0 Å². The molecule has 2 radical (unpaired) electrons. The molecule has 1 aromatic rings. The first-order valence-corrected chi connectivity index (χ1v) is 7.78. The van der Waals surface area contributed by atoms with Crippen molar-refractivity contribution in [3.8, 4) is 0 Å². The van der Waals surface area contributed by atoms with Crippen LogP contribution in [-0.2, 0) is 12.8 Å². The molecule has 0 N–H and O–H groups in total. The maximum atomic E-state index is 3.42. The summed E-state index contributed by atoms with van der Waals surface area (Å²) < 4.78 is 0. The van der Waals surface area contributed by atoms with E-state index in [0.717, 1.165) is 0 Å². The minimum Gasteiger partial charge on any atom is -0.0654 e. The van der Waals surface area contributed by atoms with Crippen molar-refractivity contribution in [3.05, 3.63) is 35.4 Å². The third-order valence-electron chi connectivity index (χ3n) is 3.52. The van der Waals surface area contributed by atoms with Gasteiger partial charge in [-0.15, -0.1) is 0 Å². The zero-order valence-electron chi connectivity index (χ0n) is 12.2. The fraction of sp³-hybridized carbons (Fsp3) is 0.667. The third-order valence-corrected chi connectivity index (χ3v) is 3.52. The Bertz CT molecular complexity index is 270. The maximum Gasteiger partial charge on any atom is -0.0146 e. The number of hydrogen-bond acceptors (Lipinski definition) is 0. The largest absolute Gasteiger partial charge is 0.0654 e. The van der Waals surface area contributed by atoms with Gasteiger partial charge in [0.15, 0.2) is 0 Å². The summed E-state index contributed by atoms with van der Waals surface area (Å²) in [5.74, 6) is 0. The Labute approximate surface area is 114 Å². The standard InChI is InChI=1S/C18H28/c1-3-5-7-9-13-17-15-11-12-16-18(17)14-10-8-6-4-2/h11-12H,3-10,13-14H2,1-2H3. The molecule has 0 aliphatic carbocycles. The van der Waals surface area contributed by atoms with Crippen molar-refractivity contribution in [1.82, 2.24) is 0 Å². The summed E-state index contributed by atoms with van der Waals surface area (Å²) in [6.07, 6.45) is 13.1. The molecule has 0 atom stereocenters. The summed E-state index contributed by atoms with van der Waals surface area (Å²) in [5.41, 5.74) is 2.84. The van der Waals surface area contributed by atoms with Gasteiger partial charge in [-0.2, -0.15) is 0 Å². The molecule has 0 saturated carbocycles. The minimum atomic E-state index is 1.19. The van der Waals surface area contributed by atoms with Crippen LogP contribution in [-0.4, -0.2) is 0 Å². The van der Waals surface area contributed by atoms with E-state index in [-0.39, 0.29) is 0 Å². The molecule has 0 fully saturated rings. The second-order valence-corrected chi connectivity index (χ2v) is 5.20. The molecule has 0 amide bonds. The fourth-order valence-corrected chi connectivity index (χ4v) is 2.36. The zero-order chi connectivity index (χ0) is 13.1. The smallest absolute Gasteiger partial charge is 0.0146 e. The topological polar surface area (TPSA) is 0 Å². The van der Waals surface area contributed by atoms with Crippen LogP contribution in [0.1, 0.15) is 76.3 Å². The van der Waals surface area contributed by atoms with E-state index in [1.807, 2.05) is 12.1 Å². The van der Waals surface area contributed by atoms with Gasteiger partial charge in [0, 0.05) is 0 Å². The molecule has 0 unspecified atom stereocenters. The molecule has 18 heavy (non-hydrogen) atoms. The average Bonchev–Trinajstić information content (AvgIpc) is 2.41. The van der Waals surface area contributed by atoms with Gasteiger partial charge in [0.25, 0.3) is 0 Å². The Hall–Kier alpha value is -0.780. The van der Waals surface area contributed by atoms with Crippen LogP contribution in [0.3, 0.4) is 0 Å². The summed E-state index contributed by atoms with van der Waals surface area (Å²) >= 11 is 0. The predicted molar refractivity (Wildman–Crippen MR) is 79.8 cm³/mol. The second-order valence-electron chi connectivity index (χ2n) is 5.20. The lowest BCUT2D eigenvalue weighted by atomic mass is 9.97. The van der Waals surface area contributed by atoms with Gasteiger partial charge in [0.2, 0.25) is 0 Å². The molecule has 0 bridgehead atoms. The molecule has 0 aliphatic rings. The molecule has 1 aromatic carbocycles. The van der Waals surface area contributed by atoms with E-state index in [9.17, 15) is 0 Å². The van der Waals surface area contributed by atoms with Crippen molar-refractivity contribution >= 4 is 0 Å². The van der Waals surface area contributed by atoms with Gasteiger partial charge in [-0.1, -0.05) is 64.5 Å². The van der Waals surface area contributed by atoms with Gasteiger partial charge in [0.1, 0.15) is 0 Å². The van der Waals surface area contributed by atoms with E-state index < -0.39 is 0 Å². The highest BCUT2D eigenvalue weighted by Crippen LogP contribution is 2.15. The van der Waals surface area contributed by atoms with Gasteiger partial charge in [-0.05, 0) is 48.9 Å². The minimum absolute atomic E-state index is 1.19. The van der Waals surface area contributed by atoms with Crippen molar-refractivity contribution in [2.45, 2.75) is 78.1 Å². The monoisotopic (exact) mass is 244 g/mol. The van der Waals surface area contributed by atoms with Gasteiger partial charge in [-0.25, -0.2) is 0 Å². The molecule has 0 aliphatic heterocycles. The third kappa shape index (κ3) is 6.23. The summed E-state index contributed by atoms with van der Waals surface area (Å²) in [6, 6.07) is 10.9. The lowest BCUT2D eigenvalue weighted by molar-refractivity contribution is 0.650. The highest BCUT2D eigenvalue weighted by molar-refractivity contribution is 5.25. The van der Waals surface area contributed by atoms with Gasteiger partial charge < -0.3 is 0 Å². The van der Waals surface area contributed by atoms with Crippen molar-refractivity contribution < 1.29 is 0 Å². The molecule has 0 heterocycles. The van der Waals surface area contributed by atoms with Crippen LogP contribution < -0.4 is 0 Å². The summed E-state index contributed by atoms with van der Waals surface area (Å²) in [5, 5.41) is 0. The van der Waals surface area contributed by atoms with Crippen LogP contribution in [0.4, 0.5) is 0 Å². The molecule has 0 spiro atoms. The van der Waals surface area contributed by atoms with Crippen LogP contribution in [0.15, 0.2) is 12.1 Å². The second kappa shape index (κ2) is 10.2. The van der Waals surface area contributed by atoms with Crippen LogP contribution in [0.2, 0.25) is 0 Å². The van der Waals surface area contributed by atoms with Crippen LogP contribution in [0.25, 0.3) is 0 Å². The number of unbranched alkanes of at least 4 members (excludes halogenated alkanes) is 6. The Balaban J connectivity index is 2.36. The van der Waals surface area contributed by atoms with Gasteiger partial charge >= 0.3 is 0 Å². The van der Waals surface area contributed by atoms with E-state index in [1.54, 1.807) is 0 Å². The molecular weight excluding hydrogens is 216 g/mol. The summed E-state index contributed by atoms with van der Waals surface area (Å²) in [7, 11) is 0. The molecular formula is C18H28. The molecule has 0 nitrogen and oxygen atoms in total. The Morgan fingerprint density at radius 2 is 1.11 bits per heavy atom. The molecule has 0 saturated heterocycles. The first-order valence-electron chi connectivity index (χ1n) is 7.78. The highest BCUT2D eigenvalue weighted by Gasteiger charge is 2.02. The van der Waals surface area contributed by atoms with Gasteiger partial charge in [0.05, 0.1) is 0 Å². The Morgan fingerprint density at radius 3 is 1.50 bits per heavy atom. The van der Waals surface area contributed by atoms with E-state index in [2.05, 4.69) is 26.0 Å². The predicted octanol–water partition coefficient (Wildman–Crippen LogP) is 5.53. The van der Waals surface area contributed by atoms with Crippen molar-refractivity contribution in [2.75, 3.05) is 0 Å². The lowest BCUT2D eigenvalue weighted by Crippen LogP contribution is -1.96. The zero-order valence-corrected chi connectivity index (χ0v) is 12.2. The van der Waals surface area contributed by atoms with Crippen molar-refractivity contribution in [2.24, 2.45) is 0 Å².